The summed E-state index contributed by atoms with van der Waals surface area (Å²) in [5.74, 6) is 5.50. The second-order valence-corrected chi connectivity index (χ2v) is 3.10. The van der Waals surface area contributed by atoms with E-state index < -0.39 is 5.97 Å². The Kier molecular flexibility index (Phi) is 5.57. The van der Waals surface area contributed by atoms with Crippen LogP contribution in [0.5, 0.6) is 0 Å². The maximum atomic E-state index is 10.6. The van der Waals surface area contributed by atoms with Gasteiger partial charge in [-0.05, 0) is 31.1 Å². The minimum absolute atomic E-state index is 0.480. The number of esters is 1. The molecule has 1 heterocycles. The summed E-state index contributed by atoms with van der Waals surface area (Å²) in [5, 5.41) is 0. The van der Waals surface area contributed by atoms with Gasteiger partial charge in [0.25, 0.3) is 0 Å². The monoisotopic (exact) mass is 218 g/mol. The largest absolute Gasteiger partial charge is 0.465 e. The Morgan fingerprint density at radius 1 is 1.62 bits per heavy atom. The lowest BCUT2D eigenvalue weighted by Gasteiger charge is -1.88. The highest BCUT2D eigenvalue weighted by Crippen LogP contribution is 2.04. The average molecular weight is 218 g/mol. The van der Waals surface area contributed by atoms with Crippen molar-refractivity contribution in [2.24, 2.45) is 0 Å². The molecule has 0 unspecified atom stereocenters. The normalized spacial score (nSPS) is 9.81. The molecule has 0 N–H and O–H groups in total. The lowest BCUT2D eigenvalue weighted by molar-refractivity contribution is -0.133. The molecule has 1 aromatic rings. The first-order valence-corrected chi connectivity index (χ1v) is 5.10. The van der Waals surface area contributed by atoms with Gasteiger partial charge in [0.2, 0.25) is 0 Å². The van der Waals surface area contributed by atoms with Crippen molar-refractivity contribution in [3.63, 3.8) is 0 Å². The van der Waals surface area contributed by atoms with E-state index in [2.05, 4.69) is 16.6 Å². The van der Waals surface area contributed by atoms with Crippen LogP contribution in [0.2, 0.25) is 0 Å². The fourth-order valence-corrected chi connectivity index (χ4v) is 1.08. The number of allylic oxidation sites excluding steroid dienone is 1. The SMILES string of the molecule is COC(=O)C#CCCC/C=C/c1ccco1. The third-order valence-corrected chi connectivity index (χ3v) is 1.87. The molecule has 0 aliphatic rings. The Bertz CT molecular complexity index is 391. The van der Waals surface area contributed by atoms with Crippen LogP contribution in [-0.2, 0) is 9.53 Å². The van der Waals surface area contributed by atoms with E-state index >= 15 is 0 Å². The average Bonchev–Trinajstić information content (AvgIpc) is 2.80. The molecule has 0 atom stereocenters. The van der Waals surface area contributed by atoms with Crippen molar-refractivity contribution in [3.8, 4) is 11.8 Å². The molecular weight excluding hydrogens is 204 g/mol. The molecule has 84 valence electrons. The van der Waals surface area contributed by atoms with Crippen molar-refractivity contribution in [2.45, 2.75) is 19.3 Å². The summed E-state index contributed by atoms with van der Waals surface area (Å²) in [6.45, 7) is 0. The van der Waals surface area contributed by atoms with Gasteiger partial charge in [-0.25, -0.2) is 4.79 Å². The molecule has 16 heavy (non-hydrogen) atoms. The van der Waals surface area contributed by atoms with Gasteiger partial charge in [-0.3, -0.25) is 0 Å². The van der Waals surface area contributed by atoms with Crippen LogP contribution in [0.3, 0.4) is 0 Å². The number of carbonyl (C=O) groups excluding carboxylic acids is 1. The molecule has 0 saturated heterocycles. The van der Waals surface area contributed by atoms with E-state index in [9.17, 15) is 4.79 Å². The highest BCUT2D eigenvalue weighted by atomic mass is 16.5. The number of unbranched alkanes of at least 4 members (excludes halogenated alkanes) is 2. The minimum atomic E-state index is -0.480. The van der Waals surface area contributed by atoms with Crippen molar-refractivity contribution in [1.29, 1.82) is 0 Å². The van der Waals surface area contributed by atoms with Gasteiger partial charge in [0.05, 0.1) is 13.4 Å². The van der Waals surface area contributed by atoms with Gasteiger partial charge >= 0.3 is 5.97 Å². The molecule has 1 aromatic heterocycles. The Morgan fingerprint density at radius 3 is 3.19 bits per heavy atom. The van der Waals surface area contributed by atoms with Gasteiger partial charge in [-0.1, -0.05) is 12.0 Å². The fourth-order valence-electron chi connectivity index (χ4n) is 1.08. The van der Waals surface area contributed by atoms with Crippen molar-refractivity contribution in [1.82, 2.24) is 0 Å². The summed E-state index contributed by atoms with van der Waals surface area (Å²) >= 11 is 0. The zero-order valence-electron chi connectivity index (χ0n) is 9.23. The second kappa shape index (κ2) is 7.36. The molecule has 0 spiro atoms. The molecule has 3 heteroatoms. The predicted octanol–water partition coefficient (Wildman–Crippen LogP) is 2.64. The summed E-state index contributed by atoms with van der Waals surface area (Å²) in [4.78, 5) is 10.6. The molecular formula is C13H14O3. The van der Waals surface area contributed by atoms with Crippen LogP contribution in [0.15, 0.2) is 28.9 Å². The van der Waals surface area contributed by atoms with E-state index in [4.69, 9.17) is 4.42 Å². The zero-order chi connectivity index (χ0) is 11.6. The zero-order valence-corrected chi connectivity index (χ0v) is 9.23. The van der Waals surface area contributed by atoms with Crippen LogP contribution < -0.4 is 0 Å². The molecule has 0 amide bonds. The van der Waals surface area contributed by atoms with Gasteiger partial charge in [0, 0.05) is 12.3 Å². The third kappa shape index (κ3) is 5.06. The maximum absolute atomic E-state index is 10.6. The molecule has 1 rings (SSSR count). The Hall–Kier alpha value is -1.95. The van der Waals surface area contributed by atoms with E-state index in [-0.39, 0.29) is 0 Å². The first-order chi connectivity index (χ1) is 7.83. The summed E-state index contributed by atoms with van der Waals surface area (Å²) < 4.78 is 9.52. The van der Waals surface area contributed by atoms with Gasteiger partial charge in [-0.2, -0.15) is 0 Å². The third-order valence-electron chi connectivity index (χ3n) is 1.87. The minimum Gasteiger partial charge on any atom is -0.465 e. The van der Waals surface area contributed by atoms with E-state index in [1.807, 2.05) is 24.3 Å². The maximum Gasteiger partial charge on any atom is 0.384 e. The summed E-state index contributed by atoms with van der Waals surface area (Å²) in [5.41, 5.74) is 0. The van der Waals surface area contributed by atoms with Gasteiger partial charge in [0.15, 0.2) is 0 Å². The standard InChI is InChI=1S/C13H14O3/c1-15-13(14)10-6-4-2-3-5-8-12-9-7-11-16-12/h5,7-9,11H,2-4H2,1H3/b8-5+. The van der Waals surface area contributed by atoms with Crippen molar-refractivity contribution < 1.29 is 13.9 Å². The number of hydrogen-bond acceptors (Lipinski definition) is 3. The van der Waals surface area contributed by atoms with E-state index in [1.165, 1.54) is 7.11 Å². The van der Waals surface area contributed by atoms with Crippen LogP contribution >= 0.6 is 0 Å². The topological polar surface area (TPSA) is 39.4 Å². The molecule has 3 nitrogen and oxygen atoms in total. The quantitative estimate of drug-likeness (QED) is 0.337. The molecule has 0 aromatic carbocycles. The number of methoxy groups -OCH3 is 1. The Morgan fingerprint density at radius 2 is 2.50 bits per heavy atom. The van der Waals surface area contributed by atoms with E-state index in [0.29, 0.717) is 6.42 Å². The van der Waals surface area contributed by atoms with E-state index in [1.54, 1.807) is 6.26 Å². The number of furan rings is 1. The summed E-state index contributed by atoms with van der Waals surface area (Å²) in [7, 11) is 1.32. The van der Waals surface area contributed by atoms with Gasteiger partial charge in [-0.15, -0.1) is 0 Å². The number of ether oxygens (including phenoxy) is 1. The highest BCUT2D eigenvalue weighted by molar-refractivity contribution is 5.88. The molecule has 0 saturated carbocycles. The first kappa shape index (κ1) is 12.1. The Labute approximate surface area is 95.1 Å². The molecule has 0 fully saturated rings. The molecule has 0 bridgehead atoms. The smallest absolute Gasteiger partial charge is 0.384 e. The predicted molar refractivity (Wildman–Crippen MR) is 61.4 cm³/mol. The van der Waals surface area contributed by atoms with E-state index in [0.717, 1.165) is 18.6 Å². The van der Waals surface area contributed by atoms with Gasteiger partial charge in [0.1, 0.15) is 5.76 Å². The fraction of sp³-hybridized carbons (Fsp3) is 0.308. The van der Waals surface area contributed by atoms with Crippen LogP contribution in [0.25, 0.3) is 6.08 Å². The Balaban J connectivity index is 2.12. The lowest BCUT2D eigenvalue weighted by atomic mass is 10.2. The van der Waals surface area contributed by atoms with Crippen molar-refractivity contribution in [3.05, 3.63) is 30.2 Å². The van der Waals surface area contributed by atoms with Gasteiger partial charge < -0.3 is 9.15 Å². The highest BCUT2D eigenvalue weighted by Gasteiger charge is 1.89. The summed E-state index contributed by atoms with van der Waals surface area (Å²) in [6.07, 6.45) is 8.11. The number of hydrogen-bond donors (Lipinski definition) is 0. The van der Waals surface area contributed by atoms with Crippen molar-refractivity contribution in [2.75, 3.05) is 7.11 Å². The van der Waals surface area contributed by atoms with Crippen molar-refractivity contribution >= 4 is 12.0 Å². The first-order valence-electron chi connectivity index (χ1n) is 5.10. The van der Waals surface area contributed by atoms with Crippen LogP contribution in [-0.4, -0.2) is 13.1 Å². The number of carbonyl (C=O) groups is 1. The van der Waals surface area contributed by atoms with Crippen LogP contribution in [0.1, 0.15) is 25.0 Å². The lowest BCUT2D eigenvalue weighted by Crippen LogP contribution is -1.93. The van der Waals surface area contributed by atoms with Crippen LogP contribution in [0, 0.1) is 11.8 Å². The number of rotatable bonds is 4. The molecule has 0 radical (unpaired) electrons. The second-order valence-electron chi connectivity index (χ2n) is 3.10. The molecule has 0 aliphatic heterocycles. The molecule has 0 aliphatic carbocycles. The van der Waals surface area contributed by atoms with Crippen LogP contribution in [0.4, 0.5) is 0 Å². The summed E-state index contributed by atoms with van der Waals surface area (Å²) in [6, 6.07) is 3.75.